The molecule has 0 unspecified atom stereocenters. The molecule has 0 bridgehead atoms. The molecule has 2 aromatic rings. The first kappa shape index (κ1) is 24.1. The van der Waals surface area contributed by atoms with Crippen LogP contribution in [-0.2, 0) is 15.7 Å². The van der Waals surface area contributed by atoms with Gasteiger partial charge in [-0.1, -0.05) is 36.7 Å². The molecule has 0 radical (unpaired) electrons. The van der Waals surface area contributed by atoms with Crippen molar-refractivity contribution < 1.29 is 9.59 Å². The summed E-state index contributed by atoms with van der Waals surface area (Å²) in [6, 6.07) is 8.95. The molecule has 2 amide bonds. The maximum absolute atomic E-state index is 13.0. The first-order valence-corrected chi connectivity index (χ1v) is 11.0. The largest absolute Gasteiger partial charge is 0.327 e. The fraction of sp³-hybridized carbons (Fsp3) is 0.522. The molecule has 1 heterocycles. The molecule has 6 nitrogen and oxygen atoms in total. The number of hydrogen-bond acceptors (Lipinski definition) is 3. The Bertz CT molecular complexity index is 903. The lowest BCUT2D eigenvalue weighted by Crippen LogP contribution is -2.42. The topological polar surface area (TPSA) is 67.2 Å². The lowest BCUT2D eigenvalue weighted by molar-refractivity contribution is -0.117. The number of aromatic nitrogens is 2. The summed E-state index contributed by atoms with van der Waals surface area (Å²) < 4.78 is 2.74. The van der Waals surface area contributed by atoms with Gasteiger partial charge in [0.05, 0.1) is 11.2 Å². The summed E-state index contributed by atoms with van der Waals surface area (Å²) in [5.41, 5.74) is 1.02. The van der Waals surface area contributed by atoms with Crippen LogP contribution in [0.15, 0.2) is 34.8 Å². The van der Waals surface area contributed by atoms with E-state index in [1.807, 2.05) is 57.5 Å². The third-order valence-electron chi connectivity index (χ3n) is 4.67. The molecule has 0 spiro atoms. The number of nitrogens with zero attached hydrogens (tertiary/aromatic N) is 3. The van der Waals surface area contributed by atoms with Crippen LogP contribution < -0.4 is 5.32 Å². The van der Waals surface area contributed by atoms with Crippen molar-refractivity contribution in [1.82, 2.24) is 14.7 Å². The summed E-state index contributed by atoms with van der Waals surface area (Å²) in [4.78, 5) is 27.4. The fourth-order valence-corrected chi connectivity index (χ4v) is 3.20. The zero-order chi connectivity index (χ0) is 22.9. The van der Waals surface area contributed by atoms with E-state index in [0.29, 0.717) is 11.4 Å². The average Bonchev–Trinajstić information content (AvgIpc) is 3.04. The normalized spacial score (nSPS) is 12.2. The number of hydrogen-bond donors (Lipinski definition) is 1. The van der Waals surface area contributed by atoms with Gasteiger partial charge in [0.1, 0.15) is 12.4 Å². The van der Waals surface area contributed by atoms with Crippen LogP contribution in [0.4, 0.5) is 5.82 Å². The minimum Gasteiger partial charge on any atom is -0.327 e. The van der Waals surface area contributed by atoms with E-state index in [4.69, 9.17) is 5.10 Å². The number of halogens is 1. The Kier molecular flexibility index (Phi) is 7.17. The van der Waals surface area contributed by atoms with Gasteiger partial charge < -0.3 is 10.2 Å². The molecule has 7 heteroatoms. The summed E-state index contributed by atoms with van der Waals surface area (Å²) in [6.45, 7) is 16.2. The highest BCUT2D eigenvalue weighted by atomic mass is 79.9. The Morgan fingerprint density at radius 2 is 1.67 bits per heavy atom. The smallest absolute Gasteiger partial charge is 0.254 e. The molecular formula is C23H33BrN4O2. The maximum Gasteiger partial charge on any atom is 0.254 e. The molecule has 0 aliphatic heterocycles. The third kappa shape index (κ3) is 5.94. The van der Waals surface area contributed by atoms with E-state index in [1.54, 1.807) is 17.0 Å². The Balaban J connectivity index is 2.25. The van der Waals surface area contributed by atoms with Crippen LogP contribution in [0.25, 0.3) is 0 Å². The summed E-state index contributed by atoms with van der Waals surface area (Å²) in [5, 5.41) is 7.70. The van der Waals surface area contributed by atoms with Crippen LogP contribution >= 0.6 is 15.9 Å². The number of amides is 2. The van der Waals surface area contributed by atoms with Gasteiger partial charge in [0.15, 0.2) is 0 Å². The third-order valence-corrected chi connectivity index (χ3v) is 5.20. The van der Waals surface area contributed by atoms with Crippen molar-refractivity contribution in [2.45, 2.75) is 72.4 Å². The van der Waals surface area contributed by atoms with Gasteiger partial charge in [0.2, 0.25) is 5.91 Å². The first-order valence-electron chi connectivity index (χ1n) is 10.2. The number of nitrogens with one attached hydrogen (secondary N) is 1. The number of rotatable bonds is 5. The lowest BCUT2D eigenvalue weighted by Gasteiger charge is -2.27. The number of carbonyl (C=O) groups is 2. The standard InChI is InChI=1S/C23H33BrN4O2/c1-15(2)27(21(30)16-9-11-17(24)12-10-16)14-20(29)25-19-13-18(22(3,4)5)26-28(19)23(6,7)8/h9-13,15H,14H2,1-8H3,(H,25,29). The van der Waals surface area contributed by atoms with Crippen molar-refractivity contribution in [3.8, 4) is 0 Å². The van der Waals surface area contributed by atoms with Crippen molar-refractivity contribution in [1.29, 1.82) is 0 Å². The molecule has 30 heavy (non-hydrogen) atoms. The predicted octanol–water partition coefficient (Wildman–Crippen LogP) is 5.19. The van der Waals surface area contributed by atoms with Gasteiger partial charge in [0, 0.05) is 27.6 Å². The van der Waals surface area contributed by atoms with Gasteiger partial charge in [-0.15, -0.1) is 0 Å². The van der Waals surface area contributed by atoms with Gasteiger partial charge >= 0.3 is 0 Å². The molecule has 2 rings (SSSR count). The molecule has 0 fully saturated rings. The Labute approximate surface area is 188 Å². The van der Waals surface area contributed by atoms with Crippen LogP contribution in [0.5, 0.6) is 0 Å². The van der Waals surface area contributed by atoms with Crippen molar-refractivity contribution in [2.75, 3.05) is 11.9 Å². The van der Waals surface area contributed by atoms with Crippen molar-refractivity contribution >= 4 is 33.6 Å². The highest BCUT2D eigenvalue weighted by molar-refractivity contribution is 9.10. The van der Waals surface area contributed by atoms with Crippen LogP contribution in [-0.4, -0.2) is 39.1 Å². The van der Waals surface area contributed by atoms with Gasteiger partial charge in [-0.05, 0) is 58.9 Å². The van der Waals surface area contributed by atoms with E-state index in [0.717, 1.165) is 10.2 Å². The SMILES string of the molecule is CC(C)N(CC(=O)Nc1cc(C(C)(C)C)nn1C(C)(C)C)C(=O)c1ccc(Br)cc1. The highest BCUT2D eigenvalue weighted by Gasteiger charge is 2.27. The van der Waals surface area contributed by atoms with E-state index < -0.39 is 0 Å². The van der Waals surface area contributed by atoms with Gasteiger partial charge in [-0.3, -0.25) is 9.59 Å². The molecule has 0 aliphatic carbocycles. The monoisotopic (exact) mass is 476 g/mol. The van der Waals surface area contributed by atoms with Crippen molar-refractivity contribution in [2.24, 2.45) is 0 Å². The predicted molar refractivity (Wildman–Crippen MR) is 125 cm³/mol. The van der Waals surface area contributed by atoms with E-state index in [2.05, 4.69) is 42.0 Å². The van der Waals surface area contributed by atoms with Crippen molar-refractivity contribution in [3.63, 3.8) is 0 Å². The molecule has 164 valence electrons. The van der Waals surface area contributed by atoms with Crippen molar-refractivity contribution in [3.05, 3.63) is 46.1 Å². The molecule has 0 aliphatic rings. The minimum atomic E-state index is -0.295. The zero-order valence-electron chi connectivity index (χ0n) is 19.2. The van der Waals surface area contributed by atoms with Crippen LogP contribution in [0.3, 0.4) is 0 Å². The Hall–Kier alpha value is -2.15. The summed E-state index contributed by atoms with van der Waals surface area (Å²) in [7, 11) is 0. The second-order valence-electron chi connectivity index (χ2n) is 9.83. The molecular weight excluding hydrogens is 444 g/mol. The van der Waals surface area contributed by atoms with Crippen LogP contribution in [0.2, 0.25) is 0 Å². The second-order valence-corrected chi connectivity index (χ2v) is 10.7. The molecule has 0 saturated heterocycles. The van der Waals surface area contributed by atoms with Crippen LogP contribution in [0, 0.1) is 0 Å². The Morgan fingerprint density at radius 1 is 1.10 bits per heavy atom. The first-order chi connectivity index (χ1) is 13.7. The summed E-state index contributed by atoms with van der Waals surface area (Å²) >= 11 is 3.38. The van der Waals surface area contributed by atoms with E-state index >= 15 is 0 Å². The number of benzene rings is 1. The van der Waals surface area contributed by atoms with Gasteiger partial charge in [-0.2, -0.15) is 5.10 Å². The van der Waals surface area contributed by atoms with E-state index in [1.165, 1.54) is 0 Å². The van der Waals surface area contributed by atoms with E-state index in [9.17, 15) is 9.59 Å². The quantitative estimate of drug-likeness (QED) is 0.645. The summed E-state index contributed by atoms with van der Waals surface area (Å²) in [6.07, 6.45) is 0. The Morgan fingerprint density at radius 3 is 2.13 bits per heavy atom. The van der Waals surface area contributed by atoms with Gasteiger partial charge in [0.25, 0.3) is 5.91 Å². The molecule has 0 atom stereocenters. The summed E-state index contributed by atoms with van der Waals surface area (Å²) in [5.74, 6) is 0.213. The van der Waals surface area contributed by atoms with Gasteiger partial charge in [-0.25, -0.2) is 4.68 Å². The fourth-order valence-electron chi connectivity index (χ4n) is 2.93. The molecule has 1 aromatic carbocycles. The van der Waals surface area contributed by atoms with E-state index in [-0.39, 0.29) is 35.4 Å². The second kappa shape index (κ2) is 8.92. The zero-order valence-corrected chi connectivity index (χ0v) is 20.8. The molecule has 1 aromatic heterocycles. The highest BCUT2D eigenvalue weighted by Crippen LogP contribution is 2.28. The molecule has 0 saturated carbocycles. The number of anilines is 1. The lowest BCUT2D eigenvalue weighted by atomic mass is 9.92. The average molecular weight is 477 g/mol. The maximum atomic E-state index is 13.0. The molecule has 1 N–H and O–H groups in total. The minimum absolute atomic E-state index is 0.0350. The number of carbonyl (C=O) groups excluding carboxylic acids is 2. The van der Waals surface area contributed by atoms with Crippen LogP contribution in [0.1, 0.15) is 71.4 Å².